The van der Waals surface area contributed by atoms with E-state index in [1.807, 2.05) is 24.3 Å². The quantitative estimate of drug-likeness (QED) is 0.395. The van der Waals surface area contributed by atoms with Gasteiger partial charge in [-0.2, -0.15) is 13.2 Å². The van der Waals surface area contributed by atoms with Gasteiger partial charge in [0.05, 0.1) is 7.92 Å². The lowest BCUT2D eigenvalue weighted by Gasteiger charge is -2.10. The van der Waals surface area contributed by atoms with E-state index in [4.69, 9.17) is 13.0 Å². The maximum atomic E-state index is 10.7. The molecule has 0 aliphatic rings. The van der Waals surface area contributed by atoms with Crippen LogP contribution in [0.25, 0.3) is 0 Å². The number of phenolic OH excluding ortho intramolecular Hbond substituents is 1. The number of aromatic hydroxyl groups is 1. The largest absolute Gasteiger partial charge is 0.741 e. The molecule has 3 aromatic carbocycles. The molecular formula is C19H16F3O4PS. The summed E-state index contributed by atoms with van der Waals surface area (Å²) in [6.45, 7) is 0. The van der Waals surface area contributed by atoms with Gasteiger partial charge in [-0.3, -0.25) is 0 Å². The molecule has 0 heterocycles. The minimum Gasteiger partial charge on any atom is -0.741 e. The third-order valence-electron chi connectivity index (χ3n) is 3.56. The lowest BCUT2D eigenvalue weighted by molar-refractivity contribution is -0.0517. The Kier molecular flexibility index (Phi) is 7.18. The highest BCUT2D eigenvalue weighted by Gasteiger charge is 2.36. The number of phenols is 1. The van der Waals surface area contributed by atoms with E-state index in [-0.39, 0.29) is 0 Å². The van der Waals surface area contributed by atoms with Gasteiger partial charge in [0, 0.05) is 0 Å². The van der Waals surface area contributed by atoms with Crippen LogP contribution in [0.5, 0.6) is 5.75 Å². The summed E-state index contributed by atoms with van der Waals surface area (Å²) in [4.78, 5) is 0. The fourth-order valence-electron chi connectivity index (χ4n) is 2.34. The molecule has 0 saturated heterocycles. The molecule has 0 aliphatic heterocycles. The highest BCUT2D eigenvalue weighted by atomic mass is 32.2. The molecule has 0 unspecified atom stereocenters. The summed E-state index contributed by atoms with van der Waals surface area (Å²) in [5, 5.41) is 13.5. The van der Waals surface area contributed by atoms with Crippen LogP contribution in [0.4, 0.5) is 13.2 Å². The number of rotatable bonds is 3. The average molecular weight is 428 g/mol. The second-order valence-electron chi connectivity index (χ2n) is 5.55. The van der Waals surface area contributed by atoms with Crippen molar-refractivity contribution in [1.29, 1.82) is 0 Å². The Labute approximate surface area is 161 Å². The Hall–Kier alpha value is -2.41. The van der Waals surface area contributed by atoms with Crippen molar-refractivity contribution in [2.75, 3.05) is 0 Å². The lowest BCUT2D eigenvalue weighted by Crippen LogP contribution is -2.21. The topological polar surface area (TPSA) is 77.4 Å². The Bertz CT molecular complexity index is 938. The van der Waals surface area contributed by atoms with Crippen LogP contribution in [0, 0.1) is 0 Å². The summed E-state index contributed by atoms with van der Waals surface area (Å²) >= 11 is 0. The van der Waals surface area contributed by atoms with Gasteiger partial charge in [-0.15, -0.1) is 0 Å². The molecular weight excluding hydrogens is 412 g/mol. The first kappa shape index (κ1) is 21.9. The summed E-state index contributed by atoms with van der Waals surface area (Å²) in [6, 6.07) is 28.8. The Morgan fingerprint density at radius 3 is 1.36 bits per heavy atom. The molecule has 0 atom stereocenters. The molecule has 0 bridgehead atoms. The van der Waals surface area contributed by atoms with Crippen molar-refractivity contribution in [1.82, 2.24) is 0 Å². The zero-order valence-corrected chi connectivity index (χ0v) is 16.1. The van der Waals surface area contributed by atoms with E-state index in [2.05, 4.69) is 48.5 Å². The molecule has 1 N–H and O–H groups in total. The highest BCUT2D eigenvalue weighted by molar-refractivity contribution is 7.86. The molecule has 3 rings (SSSR count). The smallest absolute Gasteiger partial charge is 0.485 e. The third kappa shape index (κ3) is 6.05. The van der Waals surface area contributed by atoms with E-state index in [1.54, 1.807) is 12.1 Å². The minimum absolute atomic E-state index is 0.316. The van der Waals surface area contributed by atoms with Crippen molar-refractivity contribution in [3.8, 4) is 5.75 Å². The molecule has 0 radical (unpaired) electrons. The maximum absolute atomic E-state index is 10.7. The monoisotopic (exact) mass is 428 g/mol. The van der Waals surface area contributed by atoms with Gasteiger partial charge in [0.15, 0.2) is 10.1 Å². The molecule has 4 nitrogen and oxygen atoms in total. The lowest BCUT2D eigenvalue weighted by atomic mass is 10.3. The number of alkyl halides is 3. The summed E-state index contributed by atoms with van der Waals surface area (Å²) in [7, 11) is -7.10. The molecule has 0 saturated carbocycles. The van der Waals surface area contributed by atoms with Gasteiger partial charge in [0.1, 0.15) is 21.7 Å². The van der Waals surface area contributed by atoms with Crippen LogP contribution in [-0.2, 0) is 10.1 Å². The molecule has 9 heteroatoms. The average Bonchev–Trinajstić information content (AvgIpc) is 2.64. The van der Waals surface area contributed by atoms with Gasteiger partial charge in [-0.05, 0) is 48.5 Å². The second kappa shape index (κ2) is 9.19. The number of hydrogen-bond acceptors (Lipinski definition) is 4. The number of hydrogen-bond donors (Lipinski definition) is 1. The Balaban J connectivity index is 0.000000300. The fourth-order valence-corrected chi connectivity index (χ4v) is 4.89. The molecule has 28 heavy (non-hydrogen) atoms. The van der Waals surface area contributed by atoms with Crippen LogP contribution in [-0.4, -0.2) is 23.6 Å². The first-order valence-corrected chi connectivity index (χ1v) is 10.8. The Morgan fingerprint density at radius 2 is 1.04 bits per heavy atom. The van der Waals surface area contributed by atoms with Crippen molar-refractivity contribution in [2.45, 2.75) is 5.51 Å². The van der Waals surface area contributed by atoms with Crippen molar-refractivity contribution in [3.05, 3.63) is 84.9 Å². The summed E-state index contributed by atoms with van der Waals surface area (Å²) in [5.74, 6) is 0.316. The van der Waals surface area contributed by atoms with Crippen molar-refractivity contribution in [3.63, 3.8) is 0 Å². The van der Waals surface area contributed by atoms with Crippen molar-refractivity contribution in [2.24, 2.45) is 0 Å². The normalized spacial score (nSPS) is 11.6. The van der Waals surface area contributed by atoms with Crippen LogP contribution in [0.15, 0.2) is 84.9 Å². The molecule has 0 amide bonds. The Morgan fingerprint density at radius 1 is 0.714 bits per heavy atom. The van der Waals surface area contributed by atoms with Gasteiger partial charge < -0.3 is 9.66 Å². The fraction of sp³-hybridized carbons (Fsp3) is 0.0526. The van der Waals surface area contributed by atoms with Gasteiger partial charge in [0.25, 0.3) is 0 Å². The van der Waals surface area contributed by atoms with E-state index in [0.29, 0.717) is 5.75 Å². The van der Waals surface area contributed by atoms with E-state index >= 15 is 0 Å². The zero-order valence-electron chi connectivity index (χ0n) is 14.3. The molecule has 0 fully saturated rings. The van der Waals surface area contributed by atoms with E-state index in [0.717, 1.165) is 0 Å². The summed E-state index contributed by atoms with van der Waals surface area (Å²) < 4.78 is 58.9. The summed E-state index contributed by atoms with van der Waals surface area (Å²) in [5.41, 5.74) is -5.65. The van der Waals surface area contributed by atoms with Crippen LogP contribution in [0.3, 0.4) is 0 Å². The molecule has 0 aromatic heterocycles. The number of benzene rings is 3. The molecule has 3 aromatic rings. The number of halogens is 3. The van der Waals surface area contributed by atoms with Gasteiger partial charge in [-0.1, -0.05) is 36.4 Å². The standard InChI is InChI=1S/C18H15OP.CHF3O3S/c19-15-11-13-18(14-12-15)20(16-7-3-1-4-8-16)17-9-5-2-6-10-17;2-1(3,4)8(5,6)7/h1-14,19H;(H,5,6,7). The third-order valence-corrected chi connectivity index (χ3v) is 6.86. The second-order valence-corrected chi connectivity index (χ2v) is 9.41. The highest BCUT2D eigenvalue weighted by Crippen LogP contribution is 2.32. The first-order valence-electron chi connectivity index (χ1n) is 7.89. The SMILES string of the molecule is O=S(=O)([O-])C(F)(F)F.Oc1ccc([PH+](c2ccccc2)c2ccccc2)cc1. The van der Waals surface area contributed by atoms with Crippen LogP contribution in [0.2, 0.25) is 0 Å². The van der Waals surface area contributed by atoms with E-state index in [9.17, 15) is 18.3 Å². The van der Waals surface area contributed by atoms with Crippen LogP contribution < -0.4 is 15.9 Å². The van der Waals surface area contributed by atoms with Gasteiger partial charge >= 0.3 is 5.51 Å². The molecule has 0 aliphatic carbocycles. The van der Waals surface area contributed by atoms with Crippen LogP contribution >= 0.6 is 7.92 Å². The van der Waals surface area contributed by atoms with Gasteiger partial charge in [-0.25, -0.2) is 8.42 Å². The van der Waals surface area contributed by atoms with Crippen molar-refractivity contribution >= 4 is 34.0 Å². The van der Waals surface area contributed by atoms with E-state index in [1.165, 1.54) is 15.9 Å². The zero-order chi connectivity index (χ0) is 20.8. The predicted octanol–water partition coefficient (Wildman–Crippen LogP) is 2.93. The molecule has 148 valence electrons. The maximum Gasteiger partial charge on any atom is 0.485 e. The minimum atomic E-state index is -6.09. The molecule has 0 spiro atoms. The predicted molar refractivity (Wildman–Crippen MR) is 104 cm³/mol. The first-order chi connectivity index (χ1) is 13.1. The van der Waals surface area contributed by atoms with E-state index < -0.39 is 23.5 Å². The van der Waals surface area contributed by atoms with Crippen LogP contribution in [0.1, 0.15) is 0 Å². The van der Waals surface area contributed by atoms with Crippen molar-refractivity contribution < 1.29 is 31.2 Å². The van der Waals surface area contributed by atoms with Gasteiger partial charge in [0.2, 0.25) is 0 Å². The summed E-state index contributed by atoms with van der Waals surface area (Å²) in [6.07, 6.45) is 0.